The largest absolute Gasteiger partial charge is 0.342 e. The lowest BCUT2D eigenvalue weighted by atomic mass is 10.1. The lowest BCUT2D eigenvalue weighted by Crippen LogP contribution is -2.33. The van der Waals surface area contributed by atoms with E-state index in [1.54, 1.807) is 30.3 Å². The van der Waals surface area contributed by atoms with Gasteiger partial charge in [0.05, 0.1) is 11.4 Å². The van der Waals surface area contributed by atoms with Crippen LogP contribution in [0.15, 0.2) is 83.9 Å². The number of carbonyl (C=O) groups is 3. The molecule has 0 spiro atoms. The fraction of sp³-hybridized carbons (Fsp3) is 0.0741. The van der Waals surface area contributed by atoms with Crippen LogP contribution in [-0.2, 0) is 11.3 Å². The van der Waals surface area contributed by atoms with Crippen molar-refractivity contribution in [3.63, 3.8) is 0 Å². The zero-order valence-corrected chi connectivity index (χ0v) is 20.6. The molecule has 5 rings (SSSR count). The van der Waals surface area contributed by atoms with Gasteiger partial charge in [-0.15, -0.1) is 0 Å². The average molecular weight is 521 g/mol. The van der Waals surface area contributed by atoms with Crippen LogP contribution in [0.5, 0.6) is 0 Å². The first-order valence-corrected chi connectivity index (χ1v) is 12.3. The molecule has 0 saturated carbocycles. The molecule has 0 atom stereocenters. The molecular weight excluding hydrogens is 503 g/mol. The Morgan fingerprint density at radius 3 is 2.40 bits per heavy atom. The fourth-order valence-electron chi connectivity index (χ4n) is 3.98. The molecule has 1 aromatic heterocycles. The van der Waals surface area contributed by atoms with Gasteiger partial charge in [0.1, 0.15) is 0 Å². The number of halogens is 2. The number of carbonyl (C=O) groups excluding carboxylic acids is 3. The van der Waals surface area contributed by atoms with E-state index in [1.165, 1.54) is 0 Å². The van der Waals surface area contributed by atoms with Crippen molar-refractivity contribution in [3.05, 3.63) is 111 Å². The van der Waals surface area contributed by atoms with Crippen LogP contribution in [0.4, 0.5) is 4.79 Å². The van der Waals surface area contributed by atoms with Crippen molar-refractivity contribution >= 4 is 68.9 Å². The van der Waals surface area contributed by atoms with E-state index in [-0.39, 0.29) is 17.2 Å². The average Bonchev–Trinajstić information content (AvgIpc) is 3.33. The van der Waals surface area contributed by atoms with Crippen LogP contribution >= 0.6 is 35.0 Å². The number of amides is 2. The Balaban J connectivity index is 1.43. The minimum atomic E-state index is -0.481. The van der Waals surface area contributed by atoms with Crippen LogP contribution in [0.1, 0.15) is 21.5 Å². The summed E-state index contributed by atoms with van der Waals surface area (Å²) < 4.78 is 2.07. The molecule has 1 aliphatic rings. The molecule has 0 N–H and O–H groups in total. The Labute approximate surface area is 215 Å². The third-order valence-electron chi connectivity index (χ3n) is 5.75. The first kappa shape index (κ1) is 23.4. The molecule has 0 radical (unpaired) electrons. The molecule has 1 fully saturated rings. The topological polar surface area (TPSA) is 59.4 Å². The van der Waals surface area contributed by atoms with E-state index in [2.05, 4.69) is 4.57 Å². The van der Waals surface area contributed by atoms with Crippen LogP contribution in [0.3, 0.4) is 0 Å². The summed E-state index contributed by atoms with van der Waals surface area (Å²) in [6.07, 6.45) is 3.66. The first-order chi connectivity index (χ1) is 16.9. The predicted molar refractivity (Wildman–Crippen MR) is 141 cm³/mol. The monoisotopic (exact) mass is 520 g/mol. The number of hydrogen-bond acceptors (Lipinski definition) is 4. The highest BCUT2D eigenvalue weighted by Gasteiger charge is 2.36. The van der Waals surface area contributed by atoms with Crippen molar-refractivity contribution in [1.82, 2.24) is 9.47 Å². The molecule has 1 aliphatic heterocycles. The molecule has 35 heavy (non-hydrogen) atoms. The molecule has 174 valence electrons. The number of rotatable bonds is 6. The molecule has 1 saturated heterocycles. The number of thioether (sulfide) groups is 1. The van der Waals surface area contributed by atoms with E-state index in [0.717, 1.165) is 38.7 Å². The van der Waals surface area contributed by atoms with Gasteiger partial charge in [0, 0.05) is 44.8 Å². The Kier molecular flexibility index (Phi) is 6.52. The Bertz CT molecular complexity index is 1510. The Hall–Kier alpha value is -3.32. The van der Waals surface area contributed by atoms with Crippen LogP contribution in [-0.4, -0.2) is 32.9 Å². The number of nitrogens with zero attached hydrogens (tertiary/aromatic N) is 2. The predicted octanol–water partition coefficient (Wildman–Crippen LogP) is 6.92. The molecular formula is C27H18Cl2N2O3S. The number of para-hydroxylation sites is 1. The van der Waals surface area contributed by atoms with Crippen molar-refractivity contribution in [1.29, 1.82) is 0 Å². The van der Waals surface area contributed by atoms with Gasteiger partial charge < -0.3 is 4.57 Å². The van der Waals surface area contributed by atoms with E-state index < -0.39 is 11.1 Å². The van der Waals surface area contributed by atoms with Gasteiger partial charge in [-0.05, 0) is 59.8 Å². The first-order valence-electron chi connectivity index (χ1n) is 10.8. The highest BCUT2D eigenvalue weighted by molar-refractivity contribution is 8.18. The van der Waals surface area contributed by atoms with Gasteiger partial charge in [0.2, 0.25) is 0 Å². The number of benzene rings is 3. The van der Waals surface area contributed by atoms with Gasteiger partial charge in [-0.25, -0.2) is 0 Å². The zero-order valence-electron chi connectivity index (χ0n) is 18.3. The quantitative estimate of drug-likeness (QED) is 0.204. The van der Waals surface area contributed by atoms with Crippen LogP contribution in [0.25, 0.3) is 17.0 Å². The van der Waals surface area contributed by atoms with E-state index >= 15 is 0 Å². The molecule has 8 heteroatoms. The van der Waals surface area contributed by atoms with E-state index in [9.17, 15) is 14.4 Å². The summed E-state index contributed by atoms with van der Waals surface area (Å²) in [4.78, 5) is 39.5. The Morgan fingerprint density at radius 2 is 1.63 bits per heavy atom. The standard InChI is InChI=1S/C27H18Cl2N2O3S/c28-20-11-9-17(10-12-20)24(32)16-31-26(33)25(35-27(31)34)13-19-15-30(23-8-4-2-6-21(19)23)14-18-5-1-3-7-22(18)29/h1-13,15H,14,16H2/b25-13+. The lowest BCUT2D eigenvalue weighted by molar-refractivity contribution is -0.122. The van der Waals surface area contributed by atoms with Gasteiger partial charge >= 0.3 is 0 Å². The molecule has 3 aromatic carbocycles. The highest BCUT2D eigenvalue weighted by Crippen LogP contribution is 2.34. The third kappa shape index (κ3) is 4.78. The number of fused-ring (bicyclic) bond motifs is 1. The van der Waals surface area contributed by atoms with Crippen molar-refractivity contribution in [2.45, 2.75) is 6.54 Å². The summed E-state index contributed by atoms with van der Waals surface area (Å²) in [6.45, 7) is 0.239. The van der Waals surface area contributed by atoms with Crippen molar-refractivity contribution in [2.24, 2.45) is 0 Å². The van der Waals surface area contributed by atoms with E-state index in [0.29, 0.717) is 22.2 Å². The lowest BCUT2D eigenvalue weighted by Gasteiger charge is -2.11. The summed E-state index contributed by atoms with van der Waals surface area (Å²) in [5.74, 6) is -0.813. The third-order valence-corrected chi connectivity index (χ3v) is 7.27. The summed E-state index contributed by atoms with van der Waals surface area (Å²) in [7, 11) is 0. The van der Waals surface area contributed by atoms with Gasteiger partial charge in [-0.2, -0.15) is 0 Å². The zero-order chi connectivity index (χ0) is 24.5. The minimum Gasteiger partial charge on any atom is -0.342 e. The van der Waals surface area contributed by atoms with Crippen molar-refractivity contribution < 1.29 is 14.4 Å². The molecule has 4 aromatic rings. The summed E-state index contributed by atoms with van der Waals surface area (Å²) >= 11 is 13.1. The highest BCUT2D eigenvalue weighted by atomic mass is 35.5. The van der Waals surface area contributed by atoms with Gasteiger partial charge in [0.25, 0.3) is 11.1 Å². The maximum atomic E-state index is 13.0. The summed E-state index contributed by atoms with van der Waals surface area (Å²) in [5, 5.41) is 1.66. The molecule has 2 amide bonds. The normalized spacial score (nSPS) is 14.9. The van der Waals surface area contributed by atoms with Gasteiger partial charge in [0.15, 0.2) is 5.78 Å². The van der Waals surface area contributed by atoms with Crippen LogP contribution < -0.4 is 0 Å². The number of hydrogen-bond donors (Lipinski definition) is 0. The summed E-state index contributed by atoms with van der Waals surface area (Å²) in [6, 6.07) is 21.8. The molecule has 2 heterocycles. The van der Waals surface area contributed by atoms with Crippen LogP contribution in [0, 0.1) is 0 Å². The van der Waals surface area contributed by atoms with Gasteiger partial charge in [-0.3, -0.25) is 19.3 Å². The molecule has 0 aliphatic carbocycles. The molecule has 5 nitrogen and oxygen atoms in total. The number of imide groups is 1. The minimum absolute atomic E-state index is 0.277. The number of ketones is 1. The van der Waals surface area contributed by atoms with Gasteiger partial charge in [-0.1, -0.05) is 59.6 Å². The van der Waals surface area contributed by atoms with Crippen LogP contribution in [0.2, 0.25) is 10.0 Å². The number of aromatic nitrogens is 1. The number of Topliss-reactive ketones (excluding diaryl/α,β-unsaturated/α-hetero) is 1. The summed E-state index contributed by atoms with van der Waals surface area (Å²) in [5.41, 5.74) is 3.15. The second-order valence-corrected chi connectivity index (χ2v) is 9.86. The fourth-order valence-corrected chi connectivity index (χ4v) is 5.13. The second kappa shape index (κ2) is 9.74. The van der Waals surface area contributed by atoms with E-state index in [1.807, 2.05) is 54.7 Å². The van der Waals surface area contributed by atoms with Crippen molar-refractivity contribution in [3.8, 4) is 0 Å². The van der Waals surface area contributed by atoms with E-state index in [4.69, 9.17) is 23.2 Å². The smallest absolute Gasteiger partial charge is 0.293 e. The molecule has 0 unspecified atom stereocenters. The SMILES string of the molecule is O=C(CN1C(=O)S/C(=C/c2cn(Cc3ccccc3Cl)c3ccccc23)C1=O)c1ccc(Cl)cc1. The Morgan fingerprint density at radius 1 is 0.914 bits per heavy atom. The maximum Gasteiger partial charge on any atom is 0.293 e. The van der Waals surface area contributed by atoms with Crippen molar-refractivity contribution in [2.75, 3.05) is 6.54 Å². The maximum absolute atomic E-state index is 13.0. The molecule has 0 bridgehead atoms. The second-order valence-electron chi connectivity index (χ2n) is 8.02.